The molecule has 1 aliphatic heterocycles. The maximum Gasteiger partial charge on any atom is 0.328 e. The number of carboxylic acid groups (broad SMARTS) is 1. The fourth-order valence-corrected chi connectivity index (χ4v) is 2.60. The van der Waals surface area contributed by atoms with Gasteiger partial charge in [-0.3, -0.25) is 4.79 Å². The lowest BCUT2D eigenvalue weighted by atomic mass is 10.1. The number of rotatable bonds is 5. The molecule has 1 amide bonds. The monoisotopic (exact) mass is 302 g/mol. The van der Waals surface area contributed by atoms with Gasteiger partial charge in [0.1, 0.15) is 0 Å². The lowest BCUT2D eigenvalue weighted by Gasteiger charge is -2.35. The first-order chi connectivity index (χ1) is 10.6. The third-order valence-corrected chi connectivity index (χ3v) is 3.80. The number of hydrogen-bond donors (Lipinski definition) is 1. The van der Waals surface area contributed by atoms with Crippen molar-refractivity contribution in [1.29, 1.82) is 0 Å². The van der Waals surface area contributed by atoms with Crippen molar-refractivity contribution in [2.45, 2.75) is 19.8 Å². The van der Waals surface area contributed by atoms with Crippen LogP contribution >= 0.6 is 0 Å². The first kappa shape index (κ1) is 16.1. The van der Waals surface area contributed by atoms with Gasteiger partial charge >= 0.3 is 5.97 Å². The topological polar surface area (TPSA) is 60.9 Å². The zero-order valence-electron chi connectivity index (χ0n) is 12.9. The third-order valence-electron chi connectivity index (χ3n) is 3.80. The molecule has 1 aromatic rings. The van der Waals surface area contributed by atoms with Gasteiger partial charge in [-0.15, -0.1) is 0 Å². The molecule has 1 saturated heterocycles. The number of benzene rings is 1. The van der Waals surface area contributed by atoms with Gasteiger partial charge in [-0.2, -0.15) is 0 Å². The van der Waals surface area contributed by atoms with Crippen molar-refractivity contribution in [3.63, 3.8) is 0 Å². The molecule has 1 heterocycles. The number of anilines is 1. The molecule has 0 spiro atoms. The Kier molecular flexibility index (Phi) is 5.58. The average Bonchev–Trinajstić information content (AvgIpc) is 2.54. The zero-order chi connectivity index (χ0) is 15.9. The predicted molar refractivity (Wildman–Crippen MR) is 86.0 cm³/mol. The number of hydrogen-bond acceptors (Lipinski definition) is 3. The Balaban J connectivity index is 1.88. The maximum absolute atomic E-state index is 11.8. The van der Waals surface area contributed by atoms with Gasteiger partial charge in [-0.05, 0) is 24.1 Å². The molecule has 1 aromatic carbocycles. The molecule has 5 heteroatoms. The molecule has 5 nitrogen and oxygen atoms in total. The van der Waals surface area contributed by atoms with Gasteiger partial charge in [0, 0.05) is 44.0 Å². The van der Waals surface area contributed by atoms with Crippen molar-refractivity contribution in [1.82, 2.24) is 4.90 Å². The molecule has 0 atom stereocenters. The molecule has 0 aliphatic carbocycles. The van der Waals surface area contributed by atoms with E-state index in [0.29, 0.717) is 13.1 Å². The van der Waals surface area contributed by atoms with Crippen molar-refractivity contribution >= 4 is 17.6 Å². The van der Waals surface area contributed by atoms with Crippen molar-refractivity contribution in [3.05, 3.63) is 42.0 Å². The summed E-state index contributed by atoms with van der Waals surface area (Å²) in [4.78, 5) is 26.2. The number of piperazine rings is 1. The highest BCUT2D eigenvalue weighted by atomic mass is 16.4. The summed E-state index contributed by atoms with van der Waals surface area (Å²) in [6, 6.07) is 8.58. The Labute approximate surface area is 130 Å². The van der Waals surface area contributed by atoms with Gasteiger partial charge in [0.2, 0.25) is 5.91 Å². The van der Waals surface area contributed by atoms with E-state index in [4.69, 9.17) is 5.11 Å². The third kappa shape index (κ3) is 4.35. The van der Waals surface area contributed by atoms with Gasteiger partial charge in [-0.25, -0.2) is 4.79 Å². The van der Waals surface area contributed by atoms with Gasteiger partial charge < -0.3 is 14.9 Å². The van der Waals surface area contributed by atoms with Crippen LogP contribution in [0.5, 0.6) is 0 Å². The summed E-state index contributed by atoms with van der Waals surface area (Å²) in [5.41, 5.74) is 2.52. The molecular formula is C17H22N2O3. The van der Waals surface area contributed by atoms with Crippen LogP contribution in [0.3, 0.4) is 0 Å². The number of amides is 1. The van der Waals surface area contributed by atoms with Crippen LogP contribution < -0.4 is 4.90 Å². The Hall–Kier alpha value is -2.30. The summed E-state index contributed by atoms with van der Waals surface area (Å²) >= 11 is 0. The van der Waals surface area contributed by atoms with Crippen LogP contribution in [0.15, 0.2) is 36.4 Å². The van der Waals surface area contributed by atoms with E-state index in [0.717, 1.165) is 38.1 Å². The second-order valence-electron chi connectivity index (χ2n) is 5.40. The quantitative estimate of drug-likeness (QED) is 0.844. The van der Waals surface area contributed by atoms with Crippen LogP contribution in [0.25, 0.3) is 0 Å². The number of carbonyl (C=O) groups is 2. The van der Waals surface area contributed by atoms with E-state index in [-0.39, 0.29) is 5.91 Å². The van der Waals surface area contributed by atoms with Crippen molar-refractivity contribution < 1.29 is 14.7 Å². The molecule has 0 aromatic heterocycles. The van der Waals surface area contributed by atoms with Gasteiger partial charge in [0.15, 0.2) is 0 Å². The predicted octanol–water partition coefficient (Wildman–Crippen LogP) is 1.93. The second kappa shape index (κ2) is 7.64. The number of carboxylic acids is 1. The molecule has 0 saturated carbocycles. The molecule has 22 heavy (non-hydrogen) atoms. The minimum Gasteiger partial charge on any atom is -0.478 e. The van der Waals surface area contributed by atoms with E-state index < -0.39 is 5.97 Å². The van der Waals surface area contributed by atoms with E-state index in [2.05, 4.69) is 36.1 Å². The number of aliphatic carboxylic acids is 1. The van der Waals surface area contributed by atoms with E-state index in [1.165, 1.54) is 11.3 Å². The van der Waals surface area contributed by atoms with Crippen molar-refractivity contribution in [3.8, 4) is 0 Å². The van der Waals surface area contributed by atoms with Crippen LogP contribution in [0.4, 0.5) is 5.69 Å². The minimum absolute atomic E-state index is 0.236. The van der Waals surface area contributed by atoms with Crippen LogP contribution in [-0.2, 0) is 16.0 Å². The van der Waals surface area contributed by atoms with E-state index in [9.17, 15) is 9.59 Å². The van der Waals surface area contributed by atoms with Crippen LogP contribution in [-0.4, -0.2) is 48.1 Å². The fraction of sp³-hybridized carbons (Fsp3) is 0.412. The number of aryl methyl sites for hydroxylation is 1. The highest BCUT2D eigenvalue weighted by Crippen LogP contribution is 2.18. The summed E-state index contributed by atoms with van der Waals surface area (Å²) < 4.78 is 0. The Morgan fingerprint density at radius 1 is 1.09 bits per heavy atom. The molecule has 0 radical (unpaired) electrons. The summed E-state index contributed by atoms with van der Waals surface area (Å²) in [6.45, 7) is 4.92. The Bertz CT molecular complexity index is 544. The molecular weight excluding hydrogens is 280 g/mol. The molecule has 1 N–H and O–H groups in total. The lowest BCUT2D eigenvalue weighted by molar-refractivity contribution is -0.132. The first-order valence-electron chi connectivity index (χ1n) is 7.64. The van der Waals surface area contributed by atoms with Crippen molar-refractivity contribution in [2.24, 2.45) is 0 Å². The largest absolute Gasteiger partial charge is 0.478 e. The summed E-state index contributed by atoms with van der Waals surface area (Å²) in [5.74, 6) is -1.33. The maximum atomic E-state index is 11.8. The standard InChI is InChI=1S/C17H22N2O3/c1-2-3-14-4-6-15(7-5-14)18-10-12-19(13-11-18)16(20)8-9-17(21)22/h4-9H,2-3,10-13H2,1H3,(H,21,22)/b9-8-. The van der Waals surface area contributed by atoms with Gasteiger partial charge in [0.25, 0.3) is 0 Å². The highest BCUT2D eigenvalue weighted by Gasteiger charge is 2.19. The van der Waals surface area contributed by atoms with E-state index >= 15 is 0 Å². The first-order valence-corrected chi connectivity index (χ1v) is 7.64. The number of carbonyl (C=O) groups excluding carboxylic acids is 1. The summed E-state index contributed by atoms with van der Waals surface area (Å²) in [7, 11) is 0. The molecule has 1 fully saturated rings. The highest BCUT2D eigenvalue weighted by molar-refractivity contribution is 5.94. The normalized spacial score (nSPS) is 15.3. The van der Waals surface area contributed by atoms with Gasteiger partial charge in [-0.1, -0.05) is 25.5 Å². The molecule has 1 aliphatic rings. The zero-order valence-corrected chi connectivity index (χ0v) is 12.9. The Morgan fingerprint density at radius 3 is 2.27 bits per heavy atom. The minimum atomic E-state index is -1.10. The Morgan fingerprint density at radius 2 is 1.73 bits per heavy atom. The average molecular weight is 302 g/mol. The summed E-state index contributed by atoms with van der Waals surface area (Å²) in [5, 5.41) is 8.55. The van der Waals surface area contributed by atoms with Crippen molar-refractivity contribution in [2.75, 3.05) is 31.1 Å². The van der Waals surface area contributed by atoms with Gasteiger partial charge in [0.05, 0.1) is 0 Å². The van der Waals surface area contributed by atoms with Crippen LogP contribution in [0.1, 0.15) is 18.9 Å². The van der Waals surface area contributed by atoms with E-state index in [1.54, 1.807) is 4.90 Å². The summed E-state index contributed by atoms with van der Waals surface area (Å²) in [6.07, 6.45) is 4.25. The van der Waals surface area contributed by atoms with Crippen LogP contribution in [0, 0.1) is 0 Å². The SMILES string of the molecule is CCCc1ccc(N2CCN(C(=O)/C=C\C(=O)O)CC2)cc1. The fourth-order valence-electron chi connectivity index (χ4n) is 2.60. The van der Waals surface area contributed by atoms with E-state index in [1.807, 2.05) is 0 Å². The molecule has 0 unspecified atom stereocenters. The smallest absolute Gasteiger partial charge is 0.328 e. The second-order valence-corrected chi connectivity index (χ2v) is 5.40. The van der Waals surface area contributed by atoms with Crippen LogP contribution in [0.2, 0.25) is 0 Å². The number of nitrogens with zero attached hydrogens (tertiary/aromatic N) is 2. The lowest BCUT2D eigenvalue weighted by Crippen LogP contribution is -2.48. The molecule has 2 rings (SSSR count). The molecule has 0 bridgehead atoms. The molecule has 118 valence electrons.